The minimum Gasteiger partial charge on any atom is -0.0949 e. The van der Waals surface area contributed by atoms with Crippen LogP contribution < -0.4 is 0 Å². The van der Waals surface area contributed by atoms with E-state index in [1.807, 2.05) is 6.08 Å². The van der Waals surface area contributed by atoms with Gasteiger partial charge in [-0.25, -0.2) is 0 Å². The average molecular weight is 298 g/mol. The van der Waals surface area contributed by atoms with E-state index in [1.54, 1.807) is 0 Å². The third kappa shape index (κ3) is 2.73. The van der Waals surface area contributed by atoms with E-state index in [9.17, 15) is 0 Å². The standard InChI is InChI=1S/C23H22/c1-15-9-8-10-20-13-16(2)18(4)21-11-6-7-12-22(23(21)14-20)19(5)17(15)3/h6-11H,1-5,12-14H2/b9-8-,20-10-. The SMILES string of the molecule is C=C1/C=C\C=C2\CC(=C)C(=C)C3=CC=CCC(=C3C2)C(=C)C1=C. The van der Waals surface area contributed by atoms with Gasteiger partial charge in [0.1, 0.15) is 0 Å². The Morgan fingerprint density at radius 2 is 1.52 bits per heavy atom. The second-order valence-electron chi connectivity index (χ2n) is 6.27. The van der Waals surface area contributed by atoms with Crippen molar-refractivity contribution in [3.63, 3.8) is 0 Å². The summed E-state index contributed by atoms with van der Waals surface area (Å²) in [5, 5.41) is 0. The molecule has 0 aromatic heterocycles. The summed E-state index contributed by atoms with van der Waals surface area (Å²) in [6, 6.07) is 0. The summed E-state index contributed by atoms with van der Waals surface area (Å²) < 4.78 is 0. The molecule has 0 aliphatic heterocycles. The third-order valence-corrected chi connectivity index (χ3v) is 4.75. The fourth-order valence-corrected chi connectivity index (χ4v) is 3.28. The Bertz CT molecular complexity index is 810. The Morgan fingerprint density at radius 1 is 0.739 bits per heavy atom. The van der Waals surface area contributed by atoms with E-state index in [0.717, 1.165) is 47.1 Å². The monoisotopic (exact) mass is 298 g/mol. The predicted molar refractivity (Wildman–Crippen MR) is 101 cm³/mol. The highest BCUT2D eigenvalue weighted by molar-refractivity contribution is 5.67. The minimum atomic E-state index is 0.858. The number of hydrogen-bond donors (Lipinski definition) is 0. The first-order valence-electron chi connectivity index (χ1n) is 7.89. The van der Waals surface area contributed by atoms with E-state index in [0.29, 0.717) is 0 Å². The van der Waals surface area contributed by atoms with Crippen LogP contribution in [0, 0.1) is 0 Å². The summed E-state index contributed by atoms with van der Waals surface area (Å²) in [5.41, 5.74) is 10.0. The van der Waals surface area contributed by atoms with Crippen molar-refractivity contribution in [1.29, 1.82) is 0 Å². The molecular formula is C23H22. The summed E-state index contributed by atoms with van der Waals surface area (Å²) >= 11 is 0. The quantitative estimate of drug-likeness (QED) is 0.496. The van der Waals surface area contributed by atoms with Crippen molar-refractivity contribution in [2.75, 3.05) is 0 Å². The lowest BCUT2D eigenvalue weighted by atomic mass is 9.84. The smallest absolute Gasteiger partial charge is 0.00514 e. The molecule has 0 heteroatoms. The van der Waals surface area contributed by atoms with Crippen LogP contribution in [0.1, 0.15) is 19.3 Å². The minimum absolute atomic E-state index is 0.858. The first kappa shape index (κ1) is 15.3. The summed E-state index contributed by atoms with van der Waals surface area (Å²) in [6.07, 6.45) is 15.3. The molecule has 1 fully saturated rings. The summed E-state index contributed by atoms with van der Waals surface area (Å²) in [6.45, 7) is 21.2. The van der Waals surface area contributed by atoms with Gasteiger partial charge in [0.15, 0.2) is 0 Å². The molecule has 0 amide bonds. The van der Waals surface area contributed by atoms with Crippen molar-refractivity contribution >= 4 is 0 Å². The van der Waals surface area contributed by atoms with Gasteiger partial charge in [-0.1, -0.05) is 74.9 Å². The fourth-order valence-electron chi connectivity index (χ4n) is 3.28. The van der Waals surface area contributed by atoms with Gasteiger partial charge in [0.05, 0.1) is 0 Å². The van der Waals surface area contributed by atoms with Crippen LogP contribution in [0.15, 0.2) is 120 Å². The summed E-state index contributed by atoms with van der Waals surface area (Å²) in [7, 11) is 0. The molecule has 3 aliphatic carbocycles. The van der Waals surface area contributed by atoms with Crippen LogP contribution in [0.3, 0.4) is 0 Å². The number of rotatable bonds is 0. The molecule has 0 aromatic rings. The first-order valence-corrected chi connectivity index (χ1v) is 7.89. The largest absolute Gasteiger partial charge is 0.0949 e. The lowest BCUT2D eigenvalue weighted by molar-refractivity contribution is 1.04. The molecule has 114 valence electrons. The van der Waals surface area contributed by atoms with Gasteiger partial charge in [0.2, 0.25) is 0 Å². The van der Waals surface area contributed by atoms with Gasteiger partial charge in [-0.3, -0.25) is 0 Å². The van der Waals surface area contributed by atoms with Crippen molar-refractivity contribution in [2.45, 2.75) is 19.3 Å². The van der Waals surface area contributed by atoms with Crippen LogP contribution in [0.25, 0.3) is 0 Å². The Labute approximate surface area is 139 Å². The summed E-state index contributed by atoms with van der Waals surface area (Å²) in [4.78, 5) is 0. The molecule has 1 saturated carbocycles. The van der Waals surface area contributed by atoms with Gasteiger partial charge in [-0.2, -0.15) is 0 Å². The maximum Gasteiger partial charge on any atom is -0.00514 e. The van der Waals surface area contributed by atoms with E-state index in [1.165, 1.54) is 22.3 Å². The number of fused-ring (bicyclic) bond motifs is 1. The second-order valence-corrected chi connectivity index (χ2v) is 6.27. The number of hydrogen-bond acceptors (Lipinski definition) is 0. The van der Waals surface area contributed by atoms with Gasteiger partial charge in [-0.05, 0) is 63.8 Å². The fraction of sp³-hybridized carbons (Fsp3) is 0.130. The van der Waals surface area contributed by atoms with E-state index in [2.05, 4.69) is 63.3 Å². The zero-order chi connectivity index (χ0) is 16.6. The molecule has 2 bridgehead atoms. The molecule has 0 nitrogen and oxygen atoms in total. The number of allylic oxidation sites excluding steroid dienone is 15. The van der Waals surface area contributed by atoms with Crippen LogP contribution in [0.4, 0.5) is 0 Å². The van der Waals surface area contributed by atoms with E-state index >= 15 is 0 Å². The van der Waals surface area contributed by atoms with Crippen molar-refractivity contribution in [1.82, 2.24) is 0 Å². The highest BCUT2D eigenvalue weighted by atomic mass is 14.3. The van der Waals surface area contributed by atoms with Crippen LogP contribution in [-0.2, 0) is 0 Å². The maximum absolute atomic E-state index is 4.32. The molecule has 0 heterocycles. The molecule has 0 spiro atoms. The molecule has 0 aromatic carbocycles. The lowest BCUT2D eigenvalue weighted by Crippen LogP contribution is -2.02. The van der Waals surface area contributed by atoms with Gasteiger partial charge in [0.25, 0.3) is 0 Å². The van der Waals surface area contributed by atoms with Gasteiger partial charge in [-0.15, -0.1) is 0 Å². The van der Waals surface area contributed by atoms with E-state index in [-0.39, 0.29) is 0 Å². The normalized spacial score (nSPS) is 25.5. The molecule has 0 N–H and O–H groups in total. The summed E-state index contributed by atoms with van der Waals surface area (Å²) in [5.74, 6) is 0. The van der Waals surface area contributed by atoms with Crippen LogP contribution >= 0.6 is 0 Å². The molecule has 3 rings (SSSR count). The zero-order valence-electron chi connectivity index (χ0n) is 13.6. The zero-order valence-corrected chi connectivity index (χ0v) is 13.6. The third-order valence-electron chi connectivity index (χ3n) is 4.75. The van der Waals surface area contributed by atoms with Gasteiger partial charge >= 0.3 is 0 Å². The molecule has 3 aliphatic rings. The Morgan fingerprint density at radius 3 is 2.30 bits per heavy atom. The highest BCUT2D eigenvalue weighted by Gasteiger charge is 2.24. The van der Waals surface area contributed by atoms with Crippen molar-refractivity contribution in [3.05, 3.63) is 120 Å². The van der Waals surface area contributed by atoms with E-state index in [4.69, 9.17) is 0 Å². The second kappa shape index (κ2) is 5.89. The maximum atomic E-state index is 4.32. The Balaban J connectivity index is 2.30. The molecule has 0 radical (unpaired) electrons. The highest BCUT2D eigenvalue weighted by Crippen LogP contribution is 2.43. The van der Waals surface area contributed by atoms with Crippen LogP contribution in [-0.4, -0.2) is 0 Å². The molecule has 0 saturated heterocycles. The predicted octanol–water partition coefficient (Wildman–Crippen LogP) is 6.24. The molecule has 23 heavy (non-hydrogen) atoms. The average Bonchev–Trinajstić information content (AvgIpc) is 2.79. The Kier molecular flexibility index (Phi) is 3.92. The van der Waals surface area contributed by atoms with Crippen LogP contribution in [0.5, 0.6) is 0 Å². The molecular weight excluding hydrogens is 276 g/mol. The molecule has 0 atom stereocenters. The molecule has 0 unspecified atom stereocenters. The Hall–Kier alpha value is -2.60. The first-order chi connectivity index (χ1) is 11.0. The lowest BCUT2D eigenvalue weighted by Gasteiger charge is -2.20. The van der Waals surface area contributed by atoms with Gasteiger partial charge < -0.3 is 0 Å². The van der Waals surface area contributed by atoms with Crippen molar-refractivity contribution in [3.8, 4) is 0 Å². The van der Waals surface area contributed by atoms with Crippen molar-refractivity contribution in [2.24, 2.45) is 0 Å². The van der Waals surface area contributed by atoms with Crippen LogP contribution in [0.2, 0.25) is 0 Å². The van der Waals surface area contributed by atoms with E-state index < -0.39 is 0 Å². The topological polar surface area (TPSA) is 0 Å². The van der Waals surface area contributed by atoms with Gasteiger partial charge in [0, 0.05) is 0 Å². The van der Waals surface area contributed by atoms with Crippen molar-refractivity contribution < 1.29 is 0 Å².